The van der Waals surface area contributed by atoms with Gasteiger partial charge in [-0.1, -0.05) is 30.3 Å². The van der Waals surface area contributed by atoms with Crippen molar-refractivity contribution in [3.05, 3.63) is 66.0 Å². The zero-order valence-electron chi connectivity index (χ0n) is 16.9. The molecule has 0 bridgehead atoms. The van der Waals surface area contributed by atoms with Crippen LogP contribution >= 0.6 is 0 Å². The molecule has 2 aromatic rings. The van der Waals surface area contributed by atoms with Gasteiger partial charge in [-0.3, -0.25) is 14.6 Å². The van der Waals surface area contributed by atoms with Crippen molar-refractivity contribution in [1.82, 2.24) is 20.1 Å². The van der Waals surface area contributed by atoms with Crippen molar-refractivity contribution < 1.29 is 9.59 Å². The molecule has 2 aliphatic rings. The Labute approximate surface area is 171 Å². The molecule has 29 heavy (non-hydrogen) atoms. The van der Waals surface area contributed by atoms with Crippen LogP contribution in [0.25, 0.3) is 0 Å². The lowest BCUT2D eigenvalue weighted by Crippen LogP contribution is -2.66. The van der Waals surface area contributed by atoms with Crippen LogP contribution in [0.5, 0.6) is 0 Å². The maximum atomic E-state index is 13.5. The fraction of sp³-hybridized carbons (Fsp3) is 0.435. The fourth-order valence-electron chi connectivity index (χ4n) is 4.76. The Morgan fingerprint density at radius 2 is 1.86 bits per heavy atom. The first kappa shape index (κ1) is 19.6. The van der Waals surface area contributed by atoms with E-state index >= 15 is 0 Å². The van der Waals surface area contributed by atoms with Crippen molar-refractivity contribution in [2.45, 2.75) is 31.8 Å². The second-order valence-electron chi connectivity index (χ2n) is 8.19. The summed E-state index contributed by atoms with van der Waals surface area (Å²) in [6.45, 7) is 2.79. The van der Waals surface area contributed by atoms with Crippen LogP contribution in [-0.2, 0) is 11.3 Å². The highest BCUT2D eigenvalue weighted by molar-refractivity contribution is 5.95. The number of carbonyl (C=O) groups excluding carboxylic acids is 2. The number of aromatic nitrogens is 1. The van der Waals surface area contributed by atoms with Crippen LogP contribution in [0.15, 0.2) is 54.9 Å². The summed E-state index contributed by atoms with van der Waals surface area (Å²) in [5.41, 5.74) is 1.19. The number of amides is 2. The number of carbonyl (C=O) groups is 2. The number of piperidine rings is 2. The molecule has 0 saturated carbocycles. The van der Waals surface area contributed by atoms with E-state index in [1.54, 1.807) is 24.5 Å². The predicted octanol–water partition coefficient (Wildman–Crippen LogP) is 2.32. The average Bonchev–Trinajstić information content (AvgIpc) is 2.78. The number of rotatable bonds is 4. The van der Waals surface area contributed by atoms with E-state index in [0.29, 0.717) is 18.7 Å². The molecule has 4 rings (SSSR count). The SMILES string of the molecule is CN1CC[C@]2(C(=O)NCc3ccccc3)CCCN(C(=O)c3ccncc3)[C@H]2C1. The molecule has 2 amide bonds. The fourth-order valence-corrected chi connectivity index (χ4v) is 4.76. The summed E-state index contributed by atoms with van der Waals surface area (Å²) < 4.78 is 0. The molecule has 2 saturated heterocycles. The molecule has 0 spiro atoms. The molecule has 6 heteroatoms. The van der Waals surface area contributed by atoms with Gasteiger partial charge in [-0.25, -0.2) is 0 Å². The van der Waals surface area contributed by atoms with E-state index in [0.717, 1.165) is 37.9 Å². The Kier molecular flexibility index (Phi) is 5.62. The van der Waals surface area contributed by atoms with Crippen molar-refractivity contribution in [2.24, 2.45) is 5.41 Å². The molecule has 2 fully saturated rings. The van der Waals surface area contributed by atoms with Crippen LogP contribution in [0, 0.1) is 5.41 Å². The molecule has 1 aromatic carbocycles. The first-order valence-corrected chi connectivity index (χ1v) is 10.3. The molecule has 0 aliphatic carbocycles. The van der Waals surface area contributed by atoms with Crippen molar-refractivity contribution >= 4 is 11.8 Å². The Bertz CT molecular complexity index is 858. The average molecular weight is 393 g/mol. The lowest BCUT2D eigenvalue weighted by Gasteiger charge is -2.53. The zero-order chi connectivity index (χ0) is 20.3. The number of nitrogens with one attached hydrogen (secondary N) is 1. The number of pyridine rings is 1. The second-order valence-corrected chi connectivity index (χ2v) is 8.19. The maximum Gasteiger partial charge on any atom is 0.254 e. The summed E-state index contributed by atoms with van der Waals surface area (Å²) in [4.78, 5) is 34.9. The monoisotopic (exact) mass is 392 g/mol. The minimum atomic E-state index is -0.526. The Hall–Kier alpha value is -2.73. The van der Waals surface area contributed by atoms with Gasteiger partial charge in [-0.15, -0.1) is 0 Å². The summed E-state index contributed by atoms with van der Waals surface area (Å²) >= 11 is 0. The van der Waals surface area contributed by atoms with E-state index in [-0.39, 0.29) is 17.9 Å². The number of likely N-dealkylation sites (N-methyl/N-ethyl adjacent to an activating group) is 1. The lowest BCUT2D eigenvalue weighted by molar-refractivity contribution is -0.142. The molecule has 3 heterocycles. The predicted molar refractivity (Wildman–Crippen MR) is 111 cm³/mol. The standard InChI is InChI=1S/C23H28N4O2/c1-26-15-11-23(22(29)25-16-18-6-3-2-4-7-18)10-5-14-27(20(23)17-26)21(28)19-8-12-24-13-9-19/h2-4,6-9,12-13,20H,5,10-11,14-17H2,1H3,(H,25,29)/t20-,23+/m0/s1. The first-order chi connectivity index (χ1) is 14.1. The zero-order valence-corrected chi connectivity index (χ0v) is 16.9. The van der Waals surface area contributed by atoms with E-state index in [4.69, 9.17) is 0 Å². The van der Waals surface area contributed by atoms with Gasteiger partial charge in [0.15, 0.2) is 0 Å². The van der Waals surface area contributed by atoms with E-state index in [1.807, 2.05) is 35.2 Å². The van der Waals surface area contributed by atoms with Gasteiger partial charge in [0.05, 0.1) is 11.5 Å². The summed E-state index contributed by atoms with van der Waals surface area (Å²) in [6.07, 6.45) is 5.73. The van der Waals surface area contributed by atoms with Crippen LogP contribution in [-0.4, -0.2) is 59.3 Å². The Balaban J connectivity index is 1.58. The second kappa shape index (κ2) is 8.33. The first-order valence-electron chi connectivity index (χ1n) is 10.3. The van der Waals surface area contributed by atoms with E-state index in [2.05, 4.69) is 22.2 Å². The molecule has 152 valence electrons. The number of nitrogens with zero attached hydrogens (tertiary/aromatic N) is 3. The van der Waals surface area contributed by atoms with Crippen LogP contribution in [0.2, 0.25) is 0 Å². The van der Waals surface area contributed by atoms with Gasteiger partial charge in [-0.2, -0.15) is 0 Å². The molecule has 1 N–H and O–H groups in total. The van der Waals surface area contributed by atoms with Crippen molar-refractivity contribution in [3.63, 3.8) is 0 Å². The van der Waals surface area contributed by atoms with E-state index < -0.39 is 5.41 Å². The summed E-state index contributed by atoms with van der Waals surface area (Å²) in [6, 6.07) is 13.4. The maximum absolute atomic E-state index is 13.5. The van der Waals surface area contributed by atoms with Gasteiger partial charge in [0, 0.05) is 37.6 Å². The van der Waals surface area contributed by atoms with Gasteiger partial charge in [0.1, 0.15) is 0 Å². The van der Waals surface area contributed by atoms with Crippen molar-refractivity contribution in [1.29, 1.82) is 0 Å². The molecular weight excluding hydrogens is 364 g/mol. The molecule has 0 radical (unpaired) electrons. The molecule has 0 unspecified atom stereocenters. The smallest absolute Gasteiger partial charge is 0.254 e. The minimum absolute atomic E-state index is 0.00682. The Morgan fingerprint density at radius 1 is 1.10 bits per heavy atom. The molecule has 1 aromatic heterocycles. The number of likely N-dealkylation sites (tertiary alicyclic amines) is 2. The number of hydrogen-bond acceptors (Lipinski definition) is 4. The molecule has 2 atom stereocenters. The third kappa shape index (κ3) is 3.90. The summed E-state index contributed by atoms with van der Waals surface area (Å²) in [5.74, 6) is 0.0688. The third-order valence-electron chi connectivity index (χ3n) is 6.40. The molecular formula is C23H28N4O2. The highest BCUT2D eigenvalue weighted by Gasteiger charge is 2.53. The summed E-state index contributed by atoms with van der Waals surface area (Å²) in [7, 11) is 2.06. The van der Waals surface area contributed by atoms with Gasteiger partial charge in [-0.05, 0) is 50.6 Å². The quantitative estimate of drug-likeness (QED) is 0.867. The highest BCUT2D eigenvalue weighted by atomic mass is 16.2. The number of hydrogen-bond donors (Lipinski definition) is 1. The number of fused-ring (bicyclic) bond motifs is 1. The largest absolute Gasteiger partial charge is 0.351 e. The normalized spacial score (nSPS) is 24.6. The van der Waals surface area contributed by atoms with Crippen LogP contribution in [0.4, 0.5) is 0 Å². The van der Waals surface area contributed by atoms with E-state index in [1.165, 1.54) is 0 Å². The van der Waals surface area contributed by atoms with Crippen LogP contribution in [0.1, 0.15) is 35.2 Å². The van der Waals surface area contributed by atoms with Crippen LogP contribution in [0.3, 0.4) is 0 Å². The topological polar surface area (TPSA) is 65.5 Å². The Morgan fingerprint density at radius 3 is 2.62 bits per heavy atom. The van der Waals surface area contributed by atoms with Gasteiger partial charge < -0.3 is 15.1 Å². The van der Waals surface area contributed by atoms with Gasteiger partial charge in [0.25, 0.3) is 5.91 Å². The van der Waals surface area contributed by atoms with Crippen molar-refractivity contribution in [3.8, 4) is 0 Å². The van der Waals surface area contributed by atoms with Gasteiger partial charge >= 0.3 is 0 Å². The third-order valence-corrected chi connectivity index (χ3v) is 6.40. The molecule has 6 nitrogen and oxygen atoms in total. The number of benzene rings is 1. The molecule has 2 aliphatic heterocycles. The van der Waals surface area contributed by atoms with E-state index in [9.17, 15) is 9.59 Å². The minimum Gasteiger partial charge on any atom is -0.351 e. The van der Waals surface area contributed by atoms with Crippen molar-refractivity contribution in [2.75, 3.05) is 26.7 Å². The van der Waals surface area contributed by atoms with Gasteiger partial charge in [0.2, 0.25) is 5.91 Å². The highest BCUT2D eigenvalue weighted by Crippen LogP contribution is 2.43. The van der Waals surface area contributed by atoms with Crippen LogP contribution < -0.4 is 5.32 Å². The summed E-state index contributed by atoms with van der Waals surface area (Å²) in [5, 5.41) is 3.17. The lowest BCUT2D eigenvalue weighted by atomic mass is 9.67.